The van der Waals surface area contributed by atoms with Crippen LogP contribution >= 0.6 is 0 Å². The van der Waals surface area contributed by atoms with Crippen LogP contribution in [0.4, 0.5) is 4.39 Å². The van der Waals surface area contributed by atoms with Crippen LogP contribution in [-0.2, 0) is 6.54 Å². The summed E-state index contributed by atoms with van der Waals surface area (Å²) in [5, 5.41) is 12.0. The fraction of sp³-hybridized carbons (Fsp3) is 0.308. The number of nitrogens with zero attached hydrogens (tertiary/aromatic N) is 1. The molecule has 1 aliphatic rings. The van der Waals surface area contributed by atoms with Gasteiger partial charge in [-0.3, -0.25) is 0 Å². The minimum absolute atomic E-state index is 0.115. The number of rotatable bonds is 3. The molecule has 0 fully saturated rings. The molecule has 0 unspecified atom stereocenters. The Labute approximate surface area is 94.4 Å². The molecule has 3 heteroatoms. The van der Waals surface area contributed by atoms with Gasteiger partial charge in [0.1, 0.15) is 11.9 Å². The van der Waals surface area contributed by atoms with E-state index < -0.39 is 5.82 Å². The summed E-state index contributed by atoms with van der Waals surface area (Å²) in [5.74, 6) is -0.400. The SMILES string of the molecule is N#Cc1cccc(CNC2CC=CC2)c1F. The molecule has 16 heavy (non-hydrogen) atoms. The monoisotopic (exact) mass is 216 g/mol. The second-order valence-corrected chi connectivity index (χ2v) is 3.91. The highest BCUT2D eigenvalue weighted by molar-refractivity contribution is 5.34. The first-order valence-corrected chi connectivity index (χ1v) is 5.37. The zero-order valence-electron chi connectivity index (χ0n) is 8.91. The third-order valence-corrected chi connectivity index (χ3v) is 2.79. The first-order chi connectivity index (χ1) is 7.81. The van der Waals surface area contributed by atoms with Crippen molar-refractivity contribution in [3.8, 4) is 6.07 Å². The molecular formula is C13H13FN2. The average molecular weight is 216 g/mol. The van der Waals surface area contributed by atoms with Gasteiger partial charge in [-0.15, -0.1) is 0 Å². The van der Waals surface area contributed by atoms with Crippen molar-refractivity contribution < 1.29 is 4.39 Å². The summed E-state index contributed by atoms with van der Waals surface area (Å²) < 4.78 is 13.7. The normalized spacial score (nSPS) is 15.2. The molecule has 0 saturated carbocycles. The van der Waals surface area contributed by atoms with E-state index in [-0.39, 0.29) is 5.56 Å². The molecule has 0 aromatic heterocycles. The van der Waals surface area contributed by atoms with Gasteiger partial charge >= 0.3 is 0 Å². The number of nitrogens with one attached hydrogen (secondary N) is 1. The molecular weight excluding hydrogens is 203 g/mol. The van der Waals surface area contributed by atoms with E-state index in [4.69, 9.17) is 5.26 Å². The first kappa shape index (κ1) is 10.8. The second kappa shape index (κ2) is 4.91. The van der Waals surface area contributed by atoms with Crippen molar-refractivity contribution in [3.63, 3.8) is 0 Å². The van der Waals surface area contributed by atoms with Crippen molar-refractivity contribution in [1.82, 2.24) is 5.32 Å². The maximum Gasteiger partial charge on any atom is 0.145 e. The van der Waals surface area contributed by atoms with Crippen molar-refractivity contribution in [2.45, 2.75) is 25.4 Å². The number of halogens is 1. The molecule has 1 aliphatic carbocycles. The summed E-state index contributed by atoms with van der Waals surface area (Å²) in [6.07, 6.45) is 6.25. The highest BCUT2D eigenvalue weighted by Gasteiger charge is 2.11. The van der Waals surface area contributed by atoms with E-state index in [1.165, 1.54) is 6.07 Å². The molecule has 0 bridgehead atoms. The van der Waals surface area contributed by atoms with Crippen molar-refractivity contribution >= 4 is 0 Å². The average Bonchev–Trinajstić information content (AvgIpc) is 2.81. The molecule has 0 saturated heterocycles. The fourth-order valence-corrected chi connectivity index (χ4v) is 1.84. The summed E-state index contributed by atoms with van der Waals surface area (Å²) in [4.78, 5) is 0. The van der Waals surface area contributed by atoms with E-state index in [9.17, 15) is 4.39 Å². The Morgan fingerprint density at radius 1 is 1.38 bits per heavy atom. The number of hydrogen-bond acceptors (Lipinski definition) is 2. The van der Waals surface area contributed by atoms with Gasteiger partial charge in [0.25, 0.3) is 0 Å². The number of nitriles is 1. The zero-order valence-corrected chi connectivity index (χ0v) is 8.91. The van der Waals surface area contributed by atoms with Crippen LogP contribution in [0.15, 0.2) is 30.4 Å². The van der Waals surface area contributed by atoms with Gasteiger partial charge in [0.05, 0.1) is 5.56 Å². The lowest BCUT2D eigenvalue weighted by Crippen LogP contribution is -2.26. The van der Waals surface area contributed by atoms with Crippen molar-refractivity contribution in [1.29, 1.82) is 5.26 Å². The Bertz CT molecular complexity index is 438. The second-order valence-electron chi connectivity index (χ2n) is 3.91. The predicted octanol–water partition coefficient (Wildman–Crippen LogP) is 2.51. The van der Waals surface area contributed by atoms with E-state index in [2.05, 4.69) is 17.5 Å². The van der Waals surface area contributed by atoms with Gasteiger partial charge in [0.2, 0.25) is 0 Å². The molecule has 2 nitrogen and oxygen atoms in total. The Morgan fingerprint density at radius 2 is 2.12 bits per heavy atom. The molecule has 2 rings (SSSR count). The summed E-state index contributed by atoms with van der Waals surface area (Å²) in [6, 6.07) is 7.18. The van der Waals surface area contributed by atoms with Gasteiger partial charge in [-0.2, -0.15) is 5.26 Å². The topological polar surface area (TPSA) is 35.8 Å². The summed E-state index contributed by atoms with van der Waals surface area (Å²) in [7, 11) is 0. The number of benzene rings is 1. The molecule has 0 atom stereocenters. The predicted molar refractivity (Wildman–Crippen MR) is 60.1 cm³/mol. The largest absolute Gasteiger partial charge is 0.309 e. The highest BCUT2D eigenvalue weighted by Crippen LogP contribution is 2.14. The minimum atomic E-state index is -0.400. The highest BCUT2D eigenvalue weighted by atomic mass is 19.1. The Kier molecular flexibility index (Phi) is 3.33. The number of hydrogen-bond donors (Lipinski definition) is 1. The minimum Gasteiger partial charge on any atom is -0.309 e. The van der Waals surface area contributed by atoms with Crippen LogP contribution < -0.4 is 5.32 Å². The van der Waals surface area contributed by atoms with Gasteiger partial charge in [-0.05, 0) is 18.9 Å². The van der Waals surface area contributed by atoms with Gasteiger partial charge in [0, 0.05) is 18.2 Å². The van der Waals surface area contributed by atoms with E-state index >= 15 is 0 Å². The van der Waals surface area contributed by atoms with Gasteiger partial charge in [0.15, 0.2) is 0 Å². The van der Waals surface area contributed by atoms with Crippen LogP contribution in [0, 0.1) is 17.1 Å². The summed E-state index contributed by atoms with van der Waals surface area (Å²) in [5.41, 5.74) is 0.676. The van der Waals surface area contributed by atoms with Crippen molar-refractivity contribution in [2.75, 3.05) is 0 Å². The van der Waals surface area contributed by atoms with Crippen LogP contribution in [0.5, 0.6) is 0 Å². The fourth-order valence-electron chi connectivity index (χ4n) is 1.84. The van der Waals surface area contributed by atoms with E-state index in [0.29, 0.717) is 18.2 Å². The van der Waals surface area contributed by atoms with Crippen LogP contribution in [0.3, 0.4) is 0 Å². The standard InChI is InChI=1S/C13H13FN2/c14-13-10(8-15)4-3-5-11(13)9-16-12-6-1-2-7-12/h1-5,12,16H,6-7,9H2. The molecule has 0 amide bonds. The van der Waals surface area contributed by atoms with Crippen LogP contribution in [0.1, 0.15) is 24.0 Å². The molecule has 1 aromatic rings. The van der Waals surface area contributed by atoms with Gasteiger partial charge in [-0.25, -0.2) is 4.39 Å². The molecule has 0 heterocycles. The molecule has 1 N–H and O–H groups in total. The van der Waals surface area contributed by atoms with E-state index in [0.717, 1.165) is 12.8 Å². The van der Waals surface area contributed by atoms with E-state index in [1.807, 2.05) is 6.07 Å². The van der Waals surface area contributed by atoms with Crippen LogP contribution in [0.2, 0.25) is 0 Å². The Balaban J connectivity index is 2.01. The molecule has 0 radical (unpaired) electrons. The van der Waals surface area contributed by atoms with Gasteiger partial charge < -0.3 is 5.32 Å². The smallest absolute Gasteiger partial charge is 0.145 e. The Morgan fingerprint density at radius 3 is 2.81 bits per heavy atom. The van der Waals surface area contributed by atoms with Gasteiger partial charge in [-0.1, -0.05) is 24.3 Å². The third-order valence-electron chi connectivity index (χ3n) is 2.79. The molecule has 1 aromatic carbocycles. The molecule has 0 spiro atoms. The quantitative estimate of drug-likeness (QED) is 0.788. The van der Waals surface area contributed by atoms with Crippen LogP contribution in [-0.4, -0.2) is 6.04 Å². The van der Waals surface area contributed by atoms with Crippen LogP contribution in [0.25, 0.3) is 0 Å². The summed E-state index contributed by atoms with van der Waals surface area (Å²) >= 11 is 0. The Hall–Kier alpha value is -1.66. The van der Waals surface area contributed by atoms with Crippen molar-refractivity contribution in [3.05, 3.63) is 47.3 Å². The molecule has 82 valence electrons. The lowest BCUT2D eigenvalue weighted by Gasteiger charge is -2.12. The maximum absolute atomic E-state index is 13.7. The lowest BCUT2D eigenvalue weighted by molar-refractivity contribution is 0.519. The lowest BCUT2D eigenvalue weighted by atomic mass is 10.1. The van der Waals surface area contributed by atoms with Crippen molar-refractivity contribution in [2.24, 2.45) is 0 Å². The summed E-state index contributed by atoms with van der Waals surface area (Å²) in [6.45, 7) is 0.480. The third kappa shape index (κ3) is 2.29. The molecule has 0 aliphatic heterocycles. The zero-order chi connectivity index (χ0) is 11.4. The maximum atomic E-state index is 13.7. The van der Waals surface area contributed by atoms with E-state index in [1.54, 1.807) is 12.1 Å². The first-order valence-electron chi connectivity index (χ1n) is 5.37.